The number of phenols is 1. The van der Waals surface area contributed by atoms with Gasteiger partial charge in [0.05, 0.1) is 25.7 Å². The summed E-state index contributed by atoms with van der Waals surface area (Å²) in [5, 5.41) is 9.39. The van der Waals surface area contributed by atoms with Gasteiger partial charge < -0.3 is 14.7 Å². The average Bonchev–Trinajstić information content (AvgIpc) is 2.38. The molecular formula is C14H19NO3. The highest BCUT2D eigenvalue weighted by molar-refractivity contribution is 5.79. The first kappa shape index (κ1) is 12.9. The minimum absolute atomic E-state index is 0.107. The van der Waals surface area contributed by atoms with E-state index in [1.165, 1.54) is 0 Å². The maximum absolute atomic E-state index is 12.2. The third kappa shape index (κ3) is 3.01. The normalized spacial score (nSPS) is 19.8. The fraction of sp³-hybridized carbons (Fsp3) is 0.500. The summed E-state index contributed by atoms with van der Waals surface area (Å²) in [6, 6.07) is 7.05. The third-order valence-corrected chi connectivity index (χ3v) is 3.29. The summed E-state index contributed by atoms with van der Waals surface area (Å²) < 4.78 is 5.39. The fourth-order valence-corrected chi connectivity index (χ4v) is 2.26. The van der Waals surface area contributed by atoms with Crippen molar-refractivity contribution in [3.05, 3.63) is 29.8 Å². The molecule has 0 aromatic heterocycles. The molecule has 1 amide bonds. The molecule has 4 heteroatoms. The average molecular weight is 249 g/mol. The predicted octanol–water partition coefficient (Wildman–Crippen LogP) is 1.57. The standard InChI is InChI=1S/C14H19NO3/c1-2-12-10-18-7-6-15(12)14(17)9-11-4-3-5-13(16)8-11/h3-5,8,12,16H,2,6-7,9-10H2,1H3. The number of aromatic hydroxyl groups is 1. The summed E-state index contributed by atoms with van der Waals surface area (Å²) >= 11 is 0. The van der Waals surface area contributed by atoms with Crippen molar-refractivity contribution in [1.82, 2.24) is 4.90 Å². The Morgan fingerprint density at radius 1 is 1.56 bits per heavy atom. The lowest BCUT2D eigenvalue weighted by Crippen LogP contribution is -2.48. The maximum Gasteiger partial charge on any atom is 0.227 e. The van der Waals surface area contributed by atoms with E-state index in [4.69, 9.17) is 4.74 Å². The lowest BCUT2D eigenvalue weighted by Gasteiger charge is -2.35. The minimum atomic E-state index is 0.107. The van der Waals surface area contributed by atoms with Crippen LogP contribution in [0.5, 0.6) is 5.75 Å². The van der Waals surface area contributed by atoms with Crippen molar-refractivity contribution in [2.75, 3.05) is 19.8 Å². The first-order chi connectivity index (χ1) is 8.70. The lowest BCUT2D eigenvalue weighted by molar-refractivity contribution is -0.139. The Bertz CT molecular complexity index is 419. The van der Waals surface area contributed by atoms with Crippen LogP contribution in [0.2, 0.25) is 0 Å². The Kier molecular flexibility index (Phi) is 4.20. The molecule has 1 aromatic rings. The number of amides is 1. The molecule has 0 radical (unpaired) electrons. The van der Waals surface area contributed by atoms with Gasteiger partial charge in [0.15, 0.2) is 0 Å². The smallest absolute Gasteiger partial charge is 0.227 e. The molecule has 2 rings (SSSR count). The van der Waals surface area contributed by atoms with Gasteiger partial charge in [-0.05, 0) is 24.1 Å². The van der Waals surface area contributed by atoms with Crippen LogP contribution in [0.25, 0.3) is 0 Å². The predicted molar refractivity (Wildman–Crippen MR) is 68.4 cm³/mol. The number of ether oxygens (including phenoxy) is 1. The molecule has 98 valence electrons. The molecule has 0 spiro atoms. The largest absolute Gasteiger partial charge is 0.508 e. The van der Waals surface area contributed by atoms with Gasteiger partial charge in [-0.3, -0.25) is 4.79 Å². The number of nitrogens with zero attached hydrogens (tertiary/aromatic N) is 1. The second kappa shape index (κ2) is 5.87. The zero-order valence-electron chi connectivity index (χ0n) is 10.6. The van der Waals surface area contributed by atoms with Crippen LogP contribution in [0.1, 0.15) is 18.9 Å². The van der Waals surface area contributed by atoms with Crippen LogP contribution in [0.4, 0.5) is 0 Å². The number of carbonyl (C=O) groups excluding carboxylic acids is 1. The molecule has 1 atom stereocenters. The van der Waals surface area contributed by atoms with Gasteiger partial charge >= 0.3 is 0 Å². The summed E-state index contributed by atoms with van der Waals surface area (Å²) in [5.41, 5.74) is 0.848. The summed E-state index contributed by atoms with van der Waals surface area (Å²) in [7, 11) is 0. The van der Waals surface area contributed by atoms with E-state index in [9.17, 15) is 9.90 Å². The van der Waals surface area contributed by atoms with Crippen LogP contribution >= 0.6 is 0 Å². The minimum Gasteiger partial charge on any atom is -0.508 e. The first-order valence-corrected chi connectivity index (χ1v) is 6.36. The quantitative estimate of drug-likeness (QED) is 0.884. The van der Waals surface area contributed by atoms with Crippen LogP contribution in [0.3, 0.4) is 0 Å². The Hall–Kier alpha value is -1.55. The van der Waals surface area contributed by atoms with Crippen molar-refractivity contribution in [3.63, 3.8) is 0 Å². The van der Waals surface area contributed by atoms with Crippen molar-refractivity contribution in [3.8, 4) is 5.75 Å². The summed E-state index contributed by atoms with van der Waals surface area (Å²) in [6.07, 6.45) is 1.25. The van der Waals surface area contributed by atoms with Gasteiger partial charge in [0.1, 0.15) is 5.75 Å². The summed E-state index contributed by atoms with van der Waals surface area (Å²) in [5.74, 6) is 0.310. The van der Waals surface area contributed by atoms with Gasteiger partial charge in [-0.15, -0.1) is 0 Å². The molecular weight excluding hydrogens is 230 g/mol. The van der Waals surface area contributed by atoms with Crippen LogP contribution in [-0.2, 0) is 16.0 Å². The molecule has 1 N–H and O–H groups in total. The Balaban J connectivity index is 2.02. The van der Waals surface area contributed by atoms with Gasteiger partial charge in [-0.25, -0.2) is 0 Å². The highest BCUT2D eigenvalue weighted by Crippen LogP contribution is 2.15. The molecule has 1 saturated heterocycles. The molecule has 1 aromatic carbocycles. The van der Waals surface area contributed by atoms with E-state index in [-0.39, 0.29) is 17.7 Å². The molecule has 18 heavy (non-hydrogen) atoms. The van der Waals surface area contributed by atoms with E-state index in [1.807, 2.05) is 11.0 Å². The zero-order chi connectivity index (χ0) is 13.0. The second-order valence-electron chi connectivity index (χ2n) is 4.57. The highest BCUT2D eigenvalue weighted by Gasteiger charge is 2.25. The zero-order valence-corrected chi connectivity index (χ0v) is 10.6. The number of phenolic OH excluding ortho intramolecular Hbond substituents is 1. The monoisotopic (exact) mass is 249 g/mol. The van der Waals surface area contributed by atoms with Gasteiger partial charge in [0, 0.05) is 6.54 Å². The maximum atomic E-state index is 12.2. The Labute approximate surface area is 107 Å². The summed E-state index contributed by atoms with van der Waals surface area (Å²) in [6.45, 7) is 3.97. The lowest BCUT2D eigenvalue weighted by atomic mass is 10.1. The van der Waals surface area contributed by atoms with E-state index in [1.54, 1.807) is 18.2 Å². The number of hydrogen-bond acceptors (Lipinski definition) is 3. The third-order valence-electron chi connectivity index (χ3n) is 3.29. The van der Waals surface area contributed by atoms with E-state index in [2.05, 4.69) is 6.92 Å². The topological polar surface area (TPSA) is 49.8 Å². The van der Waals surface area contributed by atoms with Gasteiger partial charge in [-0.1, -0.05) is 19.1 Å². The van der Waals surface area contributed by atoms with Gasteiger partial charge in [0.25, 0.3) is 0 Å². The molecule has 0 bridgehead atoms. The molecule has 1 aliphatic heterocycles. The van der Waals surface area contributed by atoms with Crippen molar-refractivity contribution >= 4 is 5.91 Å². The number of rotatable bonds is 3. The van der Waals surface area contributed by atoms with Crippen molar-refractivity contribution in [2.24, 2.45) is 0 Å². The molecule has 4 nitrogen and oxygen atoms in total. The molecule has 1 fully saturated rings. The molecule has 1 aliphatic rings. The molecule has 1 unspecified atom stereocenters. The number of hydrogen-bond donors (Lipinski definition) is 1. The van der Waals surface area contributed by atoms with E-state index >= 15 is 0 Å². The van der Waals surface area contributed by atoms with Gasteiger partial charge in [-0.2, -0.15) is 0 Å². The summed E-state index contributed by atoms with van der Waals surface area (Å²) in [4.78, 5) is 14.1. The Morgan fingerprint density at radius 2 is 2.39 bits per heavy atom. The second-order valence-corrected chi connectivity index (χ2v) is 4.57. The van der Waals surface area contributed by atoms with Crippen LogP contribution in [0.15, 0.2) is 24.3 Å². The Morgan fingerprint density at radius 3 is 3.11 bits per heavy atom. The van der Waals surface area contributed by atoms with Crippen molar-refractivity contribution < 1.29 is 14.6 Å². The number of carbonyl (C=O) groups is 1. The highest BCUT2D eigenvalue weighted by atomic mass is 16.5. The van der Waals surface area contributed by atoms with E-state index in [0.29, 0.717) is 26.2 Å². The van der Waals surface area contributed by atoms with Gasteiger partial charge in [0.2, 0.25) is 5.91 Å². The van der Waals surface area contributed by atoms with Crippen LogP contribution in [-0.4, -0.2) is 41.7 Å². The van der Waals surface area contributed by atoms with E-state index < -0.39 is 0 Å². The molecule has 1 heterocycles. The van der Waals surface area contributed by atoms with Crippen molar-refractivity contribution in [2.45, 2.75) is 25.8 Å². The SMILES string of the molecule is CCC1COCCN1C(=O)Cc1cccc(O)c1. The van der Waals surface area contributed by atoms with E-state index in [0.717, 1.165) is 12.0 Å². The fourth-order valence-electron chi connectivity index (χ4n) is 2.26. The molecule has 0 saturated carbocycles. The number of morpholine rings is 1. The van der Waals surface area contributed by atoms with Crippen molar-refractivity contribution in [1.29, 1.82) is 0 Å². The first-order valence-electron chi connectivity index (χ1n) is 6.36. The molecule has 0 aliphatic carbocycles. The van der Waals surface area contributed by atoms with Crippen LogP contribution in [0, 0.1) is 0 Å². The van der Waals surface area contributed by atoms with Crippen LogP contribution < -0.4 is 0 Å². The number of benzene rings is 1.